The molecule has 0 aliphatic carbocycles. The molecule has 2 N–H and O–H groups in total. The zero-order valence-corrected chi connectivity index (χ0v) is 12.5. The largest absolute Gasteiger partial charge is 0.460 e. The van der Waals surface area contributed by atoms with Crippen LogP contribution in [0.25, 0.3) is 0 Å². The van der Waals surface area contributed by atoms with Gasteiger partial charge in [-0.05, 0) is 51.3 Å². The third-order valence-electron chi connectivity index (χ3n) is 2.75. The molecule has 0 saturated carbocycles. The molecular formula is C15H22ClNO2. The summed E-state index contributed by atoms with van der Waals surface area (Å²) in [6.45, 7) is 6.05. The summed E-state index contributed by atoms with van der Waals surface area (Å²) in [5.41, 5.74) is 6.33. The maximum Gasteiger partial charge on any atom is 0.306 e. The second-order valence-corrected chi connectivity index (χ2v) is 5.99. The van der Waals surface area contributed by atoms with Gasteiger partial charge >= 0.3 is 5.97 Å². The zero-order valence-electron chi connectivity index (χ0n) is 11.8. The number of carbonyl (C=O) groups excluding carboxylic acids is 1. The average Bonchev–Trinajstić information content (AvgIpc) is 2.29. The van der Waals surface area contributed by atoms with E-state index in [4.69, 9.17) is 22.1 Å². The molecule has 0 bridgehead atoms. The molecule has 0 heterocycles. The van der Waals surface area contributed by atoms with E-state index >= 15 is 0 Å². The van der Waals surface area contributed by atoms with Gasteiger partial charge in [-0.25, -0.2) is 0 Å². The van der Waals surface area contributed by atoms with Gasteiger partial charge in [0.1, 0.15) is 5.60 Å². The lowest BCUT2D eigenvalue weighted by molar-refractivity contribution is -0.155. The van der Waals surface area contributed by atoms with E-state index in [2.05, 4.69) is 0 Å². The van der Waals surface area contributed by atoms with Crippen LogP contribution < -0.4 is 5.73 Å². The lowest BCUT2D eigenvalue weighted by Gasteiger charge is -2.21. The third-order valence-corrected chi connectivity index (χ3v) is 3.09. The highest BCUT2D eigenvalue weighted by Gasteiger charge is 2.19. The van der Waals surface area contributed by atoms with Gasteiger partial charge in [0.2, 0.25) is 0 Å². The van der Waals surface area contributed by atoms with Crippen molar-refractivity contribution in [2.75, 3.05) is 6.54 Å². The van der Waals surface area contributed by atoms with Crippen LogP contribution in [0.3, 0.4) is 0 Å². The van der Waals surface area contributed by atoms with Gasteiger partial charge < -0.3 is 10.5 Å². The van der Waals surface area contributed by atoms with E-state index in [0.29, 0.717) is 24.4 Å². The molecule has 3 nitrogen and oxygen atoms in total. The van der Waals surface area contributed by atoms with Crippen molar-refractivity contribution in [2.24, 2.45) is 5.73 Å². The van der Waals surface area contributed by atoms with Crippen molar-refractivity contribution in [3.63, 3.8) is 0 Å². The molecular weight excluding hydrogens is 262 g/mol. The predicted molar refractivity (Wildman–Crippen MR) is 78.3 cm³/mol. The van der Waals surface area contributed by atoms with Crippen molar-refractivity contribution in [2.45, 2.75) is 45.1 Å². The number of esters is 1. The molecule has 1 atom stereocenters. The molecule has 1 aromatic rings. The number of ether oxygens (including phenoxy) is 1. The molecule has 106 valence electrons. The van der Waals surface area contributed by atoms with Gasteiger partial charge in [0.15, 0.2) is 0 Å². The first-order valence-corrected chi connectivity index (χ1v) is 6.87. The fourth-order valence-electron chi connectivity index (χ4n) is 1.89. The summed E-state index contributed by atoms with van der Waals surface area (Å²) in [6, 6.07) is 7.60. The Morgan fingerprint density at radius 3 is 2.53 bits per heavy atom. The topological polar surface area (TPSA) is 52.3 Å². The highest BCUT2D eigenvalue weighted by molar-refractivity contribution is 6.31. The Morgan fingerprint density at radius 2 is 2.00 bits per heavy atom. The monoisotopic (exact) mass is 283 g/mol. The van der Waals surface area contributed by atoms with Crippen molar-refractivity contribution in [1.29, 1.82) is 0 Å². The summed E-state index contributed by atoms with van der Waals surface area (Å²) < 4.78 is 5.29. The number of rotatable bonds is 5. The van der Waals surface area contributed by atoms with E-state index in [1.807, 2.05) is 45.0 Å². The highest BCUT2D eigenvalue weighted by atomic mass is 35.5. The van der Waals surface area contributed by atoms with Crippen molar-refractivity contribution < 1.29 is 9.53 Å². The SMILES string of the molecule is CC(C)(C)OC(=O)CCC(CN)c1ccccc1Cl. The first-order valence-electron chi connectivity index (χ1n) is 6.50. The van der Waals surface area contributed by atoms with E-state index < -0.39 is 5.60 Å². The fourth-order valence-corrected chi connectivity index (χ4v) is 2.18. The molecule has 0 saturated heterocycles. The van der Waals surface area contributed by atoms with E-state index in [1.54, 1.807) is 0 Å². The summed E-state index contributed by atoms with van der Waals surface area (Å²) >= 11 is 6.15. The normalized spacial score (nSPS) is 13.1. The van der Waals surface area contributed by atoms with Gasteiger partial charge in [-0.3, -0.25) is 4.79 Å². The van der Waals surface area contributed by atoms with E-state index in [-0.39, 0.29) is 11.9 Å². The quantitative estimate of drug-likeness (QED) is 0.842. The second-order valence-electron chi connectivity index (χ2n) is 5.58. The molecule has 0 spiro atoms. The Kier molecular flexibility index (Phi) is 5.83. The number of benzene rings is 1. The summed E-state index contributed by atoms with van der Waals surface area (Å²) in [4.78, 5) is 11.7. The standard InChI is InChI=1S/C15H22ClNO2/c1-15(2,3)19-14(18)9-8-11(10-17)12-6-4-5-7-13(12)16/h4-7,11H,8-10,17H2,1-3H3. The van der Waals surface area contributed by atoms with E-state index in [0.717, 1.165) is 5.56 Å². The minimum atomic E-state index is -0.445. The highest BCUT2D eigenvalue weighted by Crippen LogP contribution is 2.27. The minimum Gasteiger partial charge on any atom is -0.460 e. The maximum atomic E-state index is 11.7. The Morgan fingerprint density at radius 1 is 1.37 bits per heavy atom. The molecule has 0 fully saturated rings. The van der Waals surface area contributed by atoms with Gasteiger partial charge in [0.25, 0.3) is 0 Å². The van der Waals surface area contributed by atoms with Crippen LogP contribution in [0.5, 0.6) is 0 Å². The van der Waals surface area contributed by atoms with Gasteiger partial charge in [0.05, 0.1) is 0 Å². The van der Waals surface area contributed by atoms with Crippen LogP contribution in [0.4, 0.5) is 0 Å². The Balaban J connectivity index is 2.59. The van der Waals surface area contributed by atoms with Gasteiger partial charge in [-0.15, -0.1) is 0 Å². The zero-order chi connectivity index (χ0) is 14.5. The Hall–Kier alpha value is -1.06. The van der Waals surface area contributed by atoms with Crippen molar-refractivity contribution in [1.82, 2.24) is 0 Å². The van der Waals surface area contributed by atoms with Crippen molar-refractivity contribution in [3.05, 3.63) is 34.9 Å². The molecule has 1 rings (SSSR count). The third kappa shape index (κ3) is 5.62. The number of hydrogen-bond acceptors (Lipinski definition) is 3. The molecule has 4 heteroatoms. The first-order chi connectivity index (χ1) is 8.83. The fraction of sp³-hybridized carbons (Fsp3) is 0.533. The van der Waals surface area contributed by atoms with Gasteiger partial charge in [-0.1, -0.05) is 29.8 Å². The smallest absolute Gasteiger partial charge is 0.306 e. The lowest BCUT2D eigenvalue weighted by atomic mass is 9.94. The van der Waals surface area contributed by atoms with Gasteiger partial charge in [-0.2, -0.15) is 0 Å². The summed E-state index contributed by atoms with van der Waals surface area (Å²) in [5, 5.41) is 0.696. The number of hydrogen-bond donors (Lipinski definition) is 1. The van der Waals surface area contributed by atoms with Crippen molar-refractivity contribution in [3.8, 4) is 0 Å². The van der Waals surface area contributed by atoms with Crippen LogP contribution in [0.15, 0.2) is 24.3 Å². The van der Waals surface area contributed by atoms with Crippen LogP contribution in [-0.2, 0) is 9.53 Å². The van der Waals surface area contributed by atoms with Gasteiger partial charge in [0, 0.05) is 11.4 Å². The number of carbonyl (C=O) groups is 1. The predicted octanol–water partition coefficient (Wildman–Crippen LogP) is 3.50. The lowest BCUT2D eigenvalue weighted by Crippen LogP contribution is -2.24. The molecule has 19 heavy (non-hydrogen) atoms. The molecule has 0 aliphatic rings. The number of halogens is 1. The molecule has 0 amide bonds. The molecule has 0 radical (unpaired) electrons. The van der Waals surface area contributed by atoms with E-state index in [9.17, 15) is 4.79 Å². The van der Waals surface area contributed by atoms with Crippen LogP contribution in [0.2, 0.25) is 5.02 Å². The first kappa shape index (κ1) is 16.0. The molecule has 1 aromatic carbocycles. The van der Waals surface area contributed by atoms with Crippen LogP contribution >= 0.6 is 11.6 Å². The molecule has 0 aromatic heterocycles. The minimum absolute atomic E-state index is 0.0845. The summed E-state index contributed by atoms with van der Waals surface area (Å²) in [6.07, 6.45) is 1.000. The van der Waals surface area contributed by atoms with Crippen LogP contribution in [-0.4, -0.2) is 18.1 Å². The van der Waals surface area contributed by atoms with Crippen LogP contribution in [0, 0.1) is 0 Å². The Labute approximate surface area is 120 Å². The van der Waals surface area contributed by atoms with Crippen molar-refractivity contribution >= 4 is 17.6 Å². The number of nitrogens with two attached hydrogens (primary N) is 1. The van der Waals surface area contributed by atoms with Crippen LogP contribution in [0.1, 0.15) is 45.1 Å². The van der Waals surface area contributed by atoms with E-state index in [1.165, 1.54) is 0 Å². The maximum absolute atomic E-state index is 11.7. The Bertz CT molecular complexity index is 426. The molecule has 1 unspecified atom stereocenters. The summed E-state index contributed by atoms with van der Waals surface area (Å²) in [7, 11) is 0. The summed E-state index contributed by atoms with van der Waals surface area (Å²) in [5.74, 6) is -0.112. The second kappa shape index (κ2) is 6.92. The average molecular weight is 284 g/mol. The molecule has 0 aliphatic heterocycles.